The minimum Gasteiger partial charge on any atom is -0.377 e. The summed E-state index contributed by atoms with van der Waals surface area (Å²) in [4.78, 5) is 17.1. The molecule has 1 fully saturated rings. The van der Waals surface area contributed by atoms with Gasteiger partial charge in [-0.2, -0.15) is 0 Å². The third-order valence-corrected chi connectivity index (χ3v) is 5.86. The van der Waals surface area contributed by atoms with Crippen LogP contribution < -0.4 is 4.72 Å². The minimum atomic E-state index is -3.71. The Kier molecular flexibility index (Phi) is 6.16. The zero-order chi connectivity index (χ0) is 17.0. The number of carbonyl (C=O) groups is 1. The van der Waals surface area contributed by atoms with Crippen LogP contribution in [0.25, 0.3) is 0 Å². The van der Waals surface area contributed by atoms with E-state index in [2.05, 4.69) is 9.71 Å². The molecule has 0 bridgehead atoms. The molecule has 1 unspecified atom stereocenters. The van der Waals surface area contributed by atoms with Gasteiger partial charge in [0.05, 0.1) is 22.6 Å². The first-order valence-electron chi connectivity index (χ1n) is 7.89. The molecule has 1 aromatic rings. The van der Waals surface area contributed by atoms with Crippen molar-refractivity contribution in [1.82, 2.24) is 9.71 Å². The maximum absolute atomic E-state index is 12.4. The van der Waals surface area contributed by atoms with E-state index in [1.54, 1.807) is 0 Å². The van der Waals surface area contributed by atoms with Crippen molar-refractivity contribution in [3.63, 3.8) is 0 Å². The summed E-state index contributed by atoms with van der Waals surface area (Å²) in [5, 5.41) is 0.763. The number of sulfonamides is 1. The molecule has 6 nitrogen and oxygen atoms in total. The topological polar surface area (TPSA) is 85.4 Å². The van der Waals surface area contributed by atoms with Gasteiger partial charge in [-0.1, -0.05) is 13.8 Å². The van der Waals surface area contributed by atoms with Gasteiger partial charge in [0.1, 0.15) is 4.88 Å². The second-order valence-electron chi connectivity index (χ2n) is 6.31. The van der Waals surface area contributed by atoms with Crippen molar-refractivity contribution in [2.24, 2.45) is 5.92 Å². The zero-order valence-corrected chi connectivity index (χ0v) is 15.4. The van der Waals surface area contributed by atoms with E-state index in [4.69, 9.17) is 4.74 Å². The molecule has 130 valence electrons. The van der Waals surface area contributed by atoms with Crippen molar-refractivity contribution < 1.29 is 17.9 Å². The van der Waals surface area contributed by atoms with E-state index in [0.717, 1.165) is 17.8 Å². The highest BCUT2D eigenvalue weighted by Crippen LogP contribution is 2.21. The molecular weight excluding hydrogens is 336 g/mol. The maximum Gasteiger partial charge on any atom is 0.276 e. The fourth-order valence-corrected chi connectivity index (χ4v) is 4.71. The van der Waals surface area contributed by atoms with Crippen LogP contribution in [0.1, 0.15) is 53.5 Å². The van der Waals surface area contributed by atoms with Crippen molar-refractivity contribution in [1.29, 1.82) is 0 Å². The number of ether oxygens (including phenoxy) is 1. The molecule has 1 N–H and O–H groups in total. The molecule has 0 saturated carbocycles. The molecular formula is C15H24N2O4S2. The van der Waals surface area contributed by atoms with Gasteiger partial charge in [0.15, 0.2) is 0 Å². The Hall–Kier alpha value is -0.990. The van der Waals surface area contributed by atoms with Gasteiger partial charge >= 0.3 is 0 Å². The number of amides is 1. The van der Waals surface area contributed by atoms with E-state index in [9.17, 15) is 13.2 Å². The molecule has 1 aliphatic heterocycles. The van der Waals surface area contributed by atoms with Crippen LogP contribution in [0.4, 0.5) is 0 Å². The lowest BCUT2D eigenvalue weighted by Gasteiger charge is -2.22. The minimum absolute atomic E-state index is 0.171. The lowest BCUT2D eigenvalue weighted by atomic mass is 10.1. The maximum atomic E-state index is 12.4. The highest BCUT2D eigenvalue weighted by molar-refractivity contribution is 7.90. The lowest BCUT2D eigenvalue weighted by molar-refractivity contribution is 0.0304. The standard InChI is InChI=1S/C15H24N2O4S2/c1-10(2)8-13-14(22-11(3)16-13)15(18)17-23(19,20)9-12-6-4-5-7-21-12/h10,12H,4-9H2,1-3H3,(H,17,18). The number of hydrogen-bond donors (Lipinski definition) is 1. The second kappa shape index (κ2) is 7.72. The predicted molar refractivity (Wildman–Crippen MR) is 90.2 cm³/mol. The summed E-state index contributed by atoms with van der Waals surface area (Å²) in [7, 11) is -3.71. The fraction of sp³-hybridized carbons (Fsp3) is 0.733. The van der Waals surface area contributed by atoms with Crippen molar-refractivity contribution in [2.45, 2.75) is 52.6 Å². The van der Waals surface area contributed by atoms with Crippen molar-refractivity contribution in [3.05, 3.63) is 15.6 Å². The molecule has 1 amide bonds. The summed E-state index contributed by atoms with van der Waals surface area (Å²) < 4.78 is 32.0. The summed E-state index contributed by atoms with van der Waals surface area (Å²) in [5.41, 5.74) is 0.670. The van der Waals surface area contributed by atoms with Gasteiger partial charge in [-0.15, -0.1) is 11.3 Å². The molecule has 1 aromatic heterocycles. The fourth-order valence-electron chi connectivity index (χ4n) is 2.59. The second-order valence-corrected chi connectivity index (χ2v) is 9.28. The smallest absolute Gasteiger partial charge is 0.276 e. The molecule has 23 heavy (non-hydrogen) atoms. The van der Waals surface area contributed by atoms with Gasteiger partial charge < -0.3 is 4.74 Å². The van der Waals surface area contributed by atoms with E-state index in [1.165, 1.54) is 11.3 Å². The monoisotopic (exact) mass is 360 g/mol. The van der Waals surface area contributed by atoms with Gasteiger partial charge in [0.2, 0.25) is 10.0 Å². The van der Waals surface area contributed by atoms with E-state index in [1.807, 2.05) is 20.8 Å². The Morgan fingerprint density at radius 1 is 1.43 bits per heavy atom. The van der Waals surface area contributed by atoms with Crippen LogP contribution in [0.15, 0.2) is 0 Å². The molecule has 1 atom stereocenters. The van der Waals surface area contributed by atoms with Gasteiger partial charge in [0.25, 0.3) is 5.91 Å². The summed E-state index contributed by atoms with van der Waals surface area (Å²) in [5.74, 6) is -0.409. The average molecular weight is 361 g/mol. The number of aryl methyl sites for hydroxylation is 1. The largest absolute Gasteiger partial charge is 0.377 e. The van der Waals surface area contributed by atoms with Crippen molar-refractivity contribution in [2.75, 3.05) is 12.4 Å². The summed E-state index contributed by atoms with van der Waals surface area (Å²) in [6.07, 6.45) is 2.96. The summed E-state index contributed by atoms with van der Waals surface area (Å²) in [6.45, 7) is 6.47. The van der Waals surface area contributed by atoms with Crippen molar-refractivity contribution >= 4 is 27.3 Å². The van der Waals surface area contributed by atoms with Crippen LogP contribution in [-0.2, 0) is 21.2 Å². The van der Waals surface area contributed by atoms with Gasteiger partial charge in [-0.25, -0.2) is 18.1 Å². The molecule has 1 aliphatic rings. The molecule has 2 rings (SSSR count). The van der Waals surface area contributed by atoms with Gasteiger partial charge in [0, 0.05) is 6.61 Å². The molecule has 0 spiro atoms. The highest BCUT2D eigenvalue weighted by atomic mass is 32.2. The predicted octanol–water partition coefficient (Wildman–Crippen LogP) is 2.28. The Labute approximate surface area is 141 Å². The van der Waals surface area contributed by atoms with E-state index >= 15 is 0 Å². The quantitative estimate of drug-likeness (QED) is 0.841. The van der Waals surface area contributed by atoms with Crippen molar-refractivity contribution in [3.8, 4) is 0 Å². The Balaban J connectivity index is 2.05. The highest BCUT2D eigenvalue weighted by Gasteiger charge is 2.26. The number of nitrogens with zero attached hydrogens (tertiary/aromatic N) is 1. The van der Waals surface area contributed by atoms with Crippen LogP contribution in [-0.4, -0.2) is 37.8 Å². The van der Waals surface area contributed by atoms with Crippen LogP contribution >= 0.6 is 11.3 Å². The number of rotatable bonds is 6. The summed E-state index contributed by atoms with van der Waals surface area (Å²) in [6, 6.07) is 0. The molecule has 1 saturated heterocycles. The van der Waals surface area contributed by atoms with Crippen LogP contribution in [0.3, 0.4) is 0 Å². The van der Waals surface area contributed by atoms with Gasteiger partial charge in [-0.3, -0.25) is 4.79 Å². The van der Waals surface area contributed by atoms with E-state index < -0.39 is 15.9 Å². The average Bonchev–Trinajstić information content (AvgIpc) is 2.78. The number of thiazole rings is 1. The van der Waals surface area contributed by atoms with Crippen LogP contribution in [0.2, 0.25) is 0 Å². The summed E-state index contributed by atoms with van der Waals surface area (Å²) >= 11 is 1.23. The first-order valence-corrected chi connectivity index (χ1v) is 10.4. The first-order chi connectivity index (χ1) is 10.8. The number of nitrogens with one attached hydrogen (secondary N) is 1. The number of carbonyl (C=O) groups excluding carboxylic acids is 1. The van der Waals surface area contributed by atoms with Crippen LogP contribution in [0, 0.1) is 12.8 Å². The molecule has 2 heterocycles. The Bertz CT molecular complexity index is 646. The van der Waals surface area contributed by atoms with Crippen LogP contribution in [0.5, 0.6) is 0 Å². The number of hydrogen-bond acceptors (Lipinski definition) is 6. The third kappa shape index (κ3) is 5.54. The molecule has 0 aromatic carbocycles. The third-order valence-electron chi connectivity index (χ3n) is 3.54. The SMILES string of the molecule is Cc1nc(CC(C)C)c(C(=O)NS(=O)(=O)CC2CCCCO2)s1. The molecule has 0 radical (unpaired) electrons. The first kappa shape index (κ1) is 18.4. The van der Waals surface area contributed by atoms with E-state index in [0.29, 0.717) is 35.9 Å². The molecule has 8 heteroatoms. The normalized spacial score (nSPS) is 19.0. The lowest BCUT2D eigenvalue weighted by Crippen LogP contribution is -2.38. The Morgan fingerprint density at radius 2 is 2.17 bits per heavy atom. The number of aromatic nitrogens is 1. The molecule has 0 aliphatic carbocycles. The Morgan fingerprint density at radius 3 is 2.78 bits per heavy atom. The van der Waals surface area contributed by atoms with E-state index in [-0.39, 0.29) is 11.9 Å². The zero-order valence-electron chi connectivity index (χ0n) is 13.8. The van der Waals surface area contributed by atoms with Gasteiger partial charge in [-0.05, 0) is 38.5 Å².